The monoisotopic (exact) mass is 318 g/mol. The molecule has 0 spiro atoms. The number of anilines is 1. The van der Waals surface area contributed by atoms with Crippen molar-refractivity contribution in [2.24, 2.45) is 0 Å². The molecule has 2 heterocycles. The number of hydrogen-bond acceptors (Lipinski definition) is 4. The Kier molecular flexibility index (Phi) is 4.11. The summed E-state index contributed by atoms with van der Waals surface area (Å²) in [5.74, 6) is -0.160. The summed E-state index contributed by atoms with van der Waals surface area (Å²) >= 11 is 5.89. The average molecular weight is 319 g/mol. The van der Waals surface area contributed by atoms with Gasteiger partial charge >= 0.3 is 0 Å². The van der Waals surface area contributed by atoms with Crippen molar-refractivity contribution in [3.63, 3.8) is 0 Å². The third kappa shape index (κ3) is 3.12. The quantitative estimate of drug-likeness (QED) is 0.908. The number of carbonyl (C=O) groups excluding carboxylic acids is 1. The van der Waals surface area contributed by atoms with Gasteiger partial charge in [0, 0.05) is 43.0 Å². The molecule has 0 radical (unpaired) electrons. The van der Waals surface area contributed by atoms with Gasteiger partial charge in [0.1, 0.15) is 5.69 Å². The molecule has 1 aliphatic rings. The molecular formula is C15H15ClN4O2. The molecule has 1 aromatic carbocycles. The molecule has 1 saturated heterocycles. The molecule has 2 aromatic rings. The van der Waals surface area contributed by atoms with Crippen molar-refractivity contribution in [1.82, 2.24) is 15.1 Å². The number of aromatic amines is 1. The van der Waals surface area contributed by atoms with E-state index in [0.29, 0.717) is 18.1 Å². The second kappa shape index (κ2) is 6.19. The Bertz CT molecular complexity index is 701. The molecule has 1 aliphatic heterocycles. The number of nitrogens with one attached hydrogen (secondary N) is 1. The summed E-state index contributed by atoms with van der Waals surface area (Å²) in [4.78, 5) is 27.2. The lowest BCUT2D eigenvalue weighted by Gasteiger charge is -2.35. The largest absolute Gasteiger partial charge is 0.368 e. The topological polar surface area (TPSA) is 69.3 Å². The first kappa shape index (κ1) is 14.6. The summed E-state index contributed by atoms with van der Waals surface area (Å²) < 4.78 is 0. The molecule has 1 N–H and O–H groups in total. The van der Waals surface area contributed by atoms with Crippen LogP contribution in [0, 0.1) is 0 Å². The number of hydrogen-bond donors (Lipinski definition) is 1. The van der Waals surface area contributed by atoms with E-state index in [4.69, 9.17) is 11.6 Å². The van der Waals surface area contributed by atoms with E-state index in [1.165, 1.54) is 12.1 Å². The average Bonchev–Trinajstić information content (AvgIpc) is 2.56. The molecule has 1 aromatic heterocycles. The Balaban J connectivity index is 1.64. The van der Waals surface area contributed by atoms with Crippen LogP contribution in [0.2, 0.25) is 5.02 Å². The van der Waals surface area contributed by atoms with Crippen molar-refractivity contribution < 1.29 is 4.79 Å². The van der Waals surface area contributed by atoms with Gasteiger partial charge < -0.3 is 9.80 Å². The number of rotatable bonds is 2. The molecule has 7 heteroatoms. The first-order valence-electron chi connectivity index (χ1n) is 6.99. The molecule has 0 aliphatic carbocycles. The summed E-state index contributed by atoms with van der Waals surface area (Å²) in [6.45, 7) is 2.72. The molecule has 0 saturated carbocycles. The fraction of sp³-hybridized carbons (Fsp3) is 0.267. The number of piperazine rings is 1. The van der Waals surface area contributed by atoms with E-state index in [1.807, 2.05) is 24.3 Å². The smallest absolute Gasteiger partial charge is 0.274 e. The summed E-state index contributed by atoms with van der Waals surface area (Å²) in [5, 5.41) is 6.78. The number of amides is 1. The first-order chi connectivity index (χ1) is 10.6. The van der Waals surface area contributed by atoms with Crippen LogP contribution < -0.4 is 10.5 Å². The minimum absolute atomic E-state index is 0.160. The van der Waals surface area contributed by atoms with E-state index in [-0.39, 0.29) is 17.2 Å². The van der Waals surface area contributed by atoms with Crippen molar-refractivity contribution >= 4 is 23.2 Å². The molecule has 3 rings (SSSR count). The lowest BCUT2D eigenvalue weighted by atomic mass is 10.2. The fourth-order valence-corrected chi connectivity index (χ4v) is 2.57. The molecule has 0 bridgehead atoms. The maximum atomic E-state index is 12.3. The van der Waals surface area contributed by atoms with E-state index in [0.717, 1.165) is 18.8 Å². The second-order valence-electron chi connectivity index (χ2n) is 5.06. The van der Waals surface area contributed by atoms with Gasteiger partial charge in [0.2, 0.25) is 0 Å². The fourth-order valence-electron chi connectivity index (χ4n) is 2.45. The summed E-state index contributed by atoms with van der Waals surface area (Å²) in [6.07, 6.45) is 0. The van der Waals surface area contributed by atoms with Crippen LogP contribution in [0.1, 0.15) is 10.5 Å². The van der Waals surface area contributed by atoms with Crippen LogP contribution in [0.3, 0.4) is 0 Å². The van der Waals surface area contributed by atoms with Crippen LogP contribution in [0.5, 0.6) is 0 Å². The molecule has 6 nitrogen and oxygen atoms in total. The number of halogens is 1. The Morgan fingerprint density at radius 2 is 1.73 bits per heavy atom. The summed E-state index contributed by atoms with van der Waals surface area (Å²) in [6, 6.07) is 10.4. The predicted octanol–water partition coefficient (Wildman–Crippen LogP) is 1.39. The molecular weight excluding hydrogens is 304 g/mol. The van der Waals surface area contributed by atoms with E-state index in [2.05, 4.69) is 15.1 Å². The molecule has 1 fully saturated rings. The third-order valence-corrected chi connectivity index (χ3v) is 3.91. The predicted molar refractivity (Wildman–Crippen MR) is 84.4 cm³/mol. The van der Waals surface area contributed by atoms with Gasteiger partial charge in [-0.2, -0.15) is 5.10 Å². The van der Waals surface area contributed by atoms with Crippen molar-refractivity contribution in [3.05, 3.63) is 57.5 Å². The lowest BCUT2D eigenvalue weighted by Crippen LogP contribution is -2.49. The molecule has 0 atom stereocenters. The Morgan fingerprint density at radius 3 is 2.32 bits per heavy atom. The Labute approximate surface area is 132 Å². The van der Waals surface area contributed by atoms with Crippen molar-refractivity contribution in [2.45, 2.75) is 0 Å². The number of H-pyrrole nitrogens is 1. The minimum atomic E-state index is -0.316. The SMILES string of the molecule is O=C(c1ccc(=O)[nH]n1)N1CCN(c2ccc(Cl)cc2)CC1. The zero-order chi connectivity index (χ0) is 15.5. The number of aromatic nitrogens is 2. The number of nitrogens with zero attached hydrogens (tertiary/aromatic N) is 3. The normalized spacial score (nSPS) is 15.0. The minimum Gasteiger partial charge on any atom is -0.368 e. The Morgan fingerprint density at radius 1 is 1.05 bits per heavy atom. The maximum Gasteiger partial charge on any atom is 0.274 e. The zero-order valence-corrected chi connectivity index (χ0v) is 12.6. The van der Waals surface area contributed by atoms with Gasteiger partial charge in [0.15, 0.2) is 0 Å². The highest BCUT2D eigenvalue weighted by Crippen LogP contribution is 2.19. The molecule has 114 valence electrons. The standard InChI is InChI=1S/C15H15ClN4O2/c16-11-1-3-12(4-2-11)19-7-9-20(10-8-19)15(22)13-5-6-14(21)18-17-13/h1-6H,7-10H2,(H,18,21). The molecule has 1 amide bonds. The Hall–Kier alpha value is -2.34. The van der Waals surface area contributed by atoms with Crippen LogP contribution in [0.15, 0.2) is 41.2 Å². The van der Waals surface area contributed by atoms with Crippen LogP contribution in [0.25, 0.3) is 0 Å². The zero-order valence-electron chi connectivity index (χ0n) is 11.8. The summed E-state index contributed by atoms with van der Waals surface area (Å²) in [7, 11) is 0. The second-order valence-corrected chi connectivity index (χ2v) is 5.50. The third-order valence-electron chi connectivity index (χ3n) is 3.66. The van der Waals surface area contributed by atoms with Crippen LogP contribution in [-0.2, 0) is 0 Å². The number of benzene rings is 1. The van der Waals surface area contributed by atoms with Crippen molar-refractivity contribution in [3.8, 4) is 0 Å². The van der Waals surface area contributed by atoms with Gasteiger partial charge in [-0.1, -0.05) is 11.6 Å². The van der Waals surface area contributed by atoms with E-state index in [1.54, 1.807) is 4.90 Å². The van der Waals surface area contributed by atoms with Crippen LogP contribution in [0.4, 0.5) is 5.69 Å². The van der Waals surface area contributed by atoms with Crippen molar-refractivity contribution in [1.29, 1.82) is 0 Å². The van der Waals surface area contributed by atoms with Gasteiger partial charge in [-0.25, -0.2) is 5.10 Å². The van der Waals surface area contributed by atoms with Gasteiger partial charge in [0.05, 0.1) is 0 Å². The van der Waals surface area contributed by atoms with Gasteiger partial charge in [-0.3, -0.25) is 9.59 Å². The van der Waals surface area contributed by atoms with Gasteiger partial charge in [-0.05, 0) is 30.3 Å². The highest BCUT2D eigenvalue weighted by Gasteiger charge is 2.23. The number of carbonyl (C=O) groups is 1. The highest BCUT2D eigenvalue weighted by atomic mass is 35.5. The molecule has 22 heavy (non-hydrogen) atoms. The van der Waals surface area contributed by atoms with E-state index in [9.17, 15) is 9.59 Å². The maximum absolute atomic E-state index is 12.3. The molecule has 0 unspecified atom stereocenters. The van der Waals surface area contributed by atoms with E-state index < -0.39 is 0 Å². The van der Waals surface area contributed by atoms with Crippen molar-refractivity contribution in [2.75, 3.05) is 31.1 Å². The summed E-state index contributed by atoms with van der Waals surface area (Å²) in [5.41, 5.74) is 1.04. The van der Waals surface area contributed by atoms with Gasteiger partial charge in [-0.15, -0.1) is 0 Å². The van der Waals surface area contributed by atoms with Crippen LogP contribution >= 0.6 is 11.6 Å². The first-order valence-corrected chi connectivity index (χ1v) is 7.37. The highest BCUT2D eigenvalue weighted by molar-refractivity contribution is 6.30. The van der Waals surface area contributed by atoms with Gasteiger partial charge in [0.25, 0.3) is 11.5 Å². The van der Waals surface area contributed by atoms with Crippen LogP contribution in [-0.4, -0.2) is 47.2 Å². The lowest BCUT2D eigenvalue weighted by molar-refractivity contribution is 0.0739. The van der Waals surface area contributed by atoms with E-state index >= 15 is 0 Å².